The van der Waals surface area contributed by atoms with Gasteiger partial charge in [-0.3, -0.25) is 4.79 Å². The maximum absolute atomic E-state index is 12.9. The molecule has 0 spiro atoms. The first-order valence-corrected chi connectivity index (χ1v) is 10.3. The maximum atomic E-state index is 12.9. The average molecular weight is 414 g/mol. The second-order valence-electron chi connectivity index (χ2n) is 7.94. The van der Waals surface area contributed by atoms with Gasteiger partial charge in [0.05, 0.1) is 17.2 Å². The Kier molecular flexibility index (Phi) is 6.19. The Morgan fingerprint density at radius 3 is 2.41 bits per heavy atom. The molecule has 29 heavy (non-hydrogen) atoms. The lowest BCUT2D eigenvalue weighted by Crippen LogP contribution is -2.16. The molecule has 0 aliphatic carbocycles. The zero-order valence-corrected chi connectivity index (χ0v) is 18.6. The number of ether oxygens (including phenoxy) is 2. The Bertz CT molecular complexity index is 1020. The minimum Gasteiger partial charge on any atom is -0.491 e. The summed E-state index contributed by atoms with van der Waals surface area (Å²) in [6, 6.07) is 7.31. The SMILES string of the molecule is COCCOc1ccc(NC(=O)c2sc3nc(C(C)(C)C)nc(C)c3c2C)cc1. The molecule has 154 valence electrons. The van der Waals surface area contributed by atoms with Crippen molar-refractivity contribution >= 4 is 33.1 Å². The number of methoxy groups -OCH3 is 1. The molecule has 0 unspecified atom stereocenters. The number of nitrogens with zero attached hydrogens (tertiary/aromatic N) is 2. The summed E-state index contributed by atoms with van der Waals surface area (Å²) in [7, 11) is 1.63. The number of aryl methyl sites for hydroxylation is 2. The van der Waals surface area contributed by atoms with Gasteiger partial charge >= 0.3 is 0 Å². The lowest BCUT2D eigenvalue weighted by molar-refractivity contribution is 0.103. The van der Waals surface area contributed by atoms with Crippen molar-refractivity contribution < 1.29 is 14.3 Å². The number of fused-ring (bicyclic) bond motifs is 1. The number of hydrogen-bond donors (Lipinski definition) is 1. The number of aromatic nitrogens is 2. The summed E-state index contributed by atoms with van der Waals surface area (Å²) in [5, 5.41) is 3.93. The summed E-state index contributed by atoms with van der Waals surface area (Å²) < 4.78 is 10.5. The van der Waals surface area contributed by atoms with Crippen molar-refractivity contribution in [1.29, 1.82) is 0 Å². The summed E-state index contributed by atoms with van der Waals surface area (Å²) in [5.41, 5.74) is 2.39. The first-order valence-electron chi connectivity index (χ1n) is 9.52. The van der Waals surface area contributed by atoms with E-state index in [2.05, 4.69) is 31.1 Å². The van der Waals surface area contributed by atoms with E-state index in [1.807, 2.05) is 38.1 Å². The molecule has 0 saturated carbocycles. The van der Waals surface area contributed by atoms with Gasteiger partial charge in [0, 0.05) is 23.6 Å². The van der Waals surface area contributed by atoms with E-state index < -0.39 is 0 Å². The Balaban J connectivity index is 1.82. The molecule has 1 amide bonds. The molecule has 0 aliphatic heterocycles. The van der Waals surface area contributed by atoms with E-state index in [-0.39, 0.29) is 11.3 Å². The molecule has 2 heterocycles. The van der Waals surface area contributed by atoms with Crippen LogP contribution in [-0.4, -0.2) is 36.2 Å². The topological polar surface area (TPSA) is 73.3 Å². The van der Waals surface area contributed by atoms with Crippen molar-refractivity contribution in [3.05, 3.63) is 46.2 Å². The van der Waals surface area contributed by atoms with Crippen molar-refractivity contribution in [2.45, 2.75) is 40.0 Å². The maximum Gasteiger partial charge on any atom is 0.266 e. The highest BCUT2D eigenvalue weighted by Crippen LogP contribution is 2.33. The highest BCUT2D eigenvalue weighted by molar-refractivity contribution is 7.20. The van der Waals surface area contributed by atoms with Crippen LogP contribution < -0.4 is 10.1 Å². The van der Waals surface area contributed by atoms with Crippen LogP contribution in [0.15, 0.2) is 24.3 Å². The van der Waals surface area contributed by atoms with Gasteiger partial charge in [-0.2, -0.15) is 0 Å². The number of anilines is 1. The monoisotopic (exact) mass is 413 g/mol. The molecule has 6 nitrogen and oxygen atoms in total. The Labute approximate surface area is 175 Å². The Hall–Kier alpha value is -2.51. The zero-order chi connectivity index (χ0) is 21.2. The highest BCUT2D eigenvalue weighted by Gasteiger charge is 2.23. The highest BCUT2D eigenvalue weighted by atomic mass is 32.1. The van der Waals surface area contributed by atoms with E-state index in [0.717, 1.165) is 33.0 Å². The summed E-state index contributed by atoms with van der Waals surface area (Å²) >= 11 is 1.41. The molecule has 0 saturated heterocycles. The average Bonchev–Trinajstić information content (AvgIpc) is 3.00. The van der Waals surface area contributed by atoms with E-state index in [9.17, 15) is 4.79 Å². The predicted octanol–water partition coefficient (Wildman–Crippen LogP) is 4.88. The van der Waals surface area contributed by atoms with Crippen LogP contribution in [0.2, 0.25) is 0 Å². The number of nitrogens with one attached hydrogen (secondary N) is 1. The van der Waals surface area contributed by atoms with Gasteiger partial charge in [-0.15, -0.1) is 11.3 Å². The van der Waals surface area contributed by atoms with Gasteiger partial charge in [0.25, 0.3) is 5.91 Å². The predicted molar refractivity (Wildman–Crippen MR) is 117 cm³/mol. The molecule has 0 fully saturated rings. The van der Waals surface area contributed by atoms with Crippen LogP contribution in [0, 0.1) is 13.8 Å². The Morgan fingerprint density at radius 2 is 1.79 bits per heavy atom. The van der Waals surface area contributed by atoms with E-state index in [1.165, 1.54) is 11.3 Å². The van der Waals surface area contributed by atoms with Crippen molar-refractivity contribution in [3.8, 4) is 5.75 Å². The normalized spacial score (nSPS) is 11.7. The van der Waals surface area contributed by atoms with Gasteiger partial charge in [-0.05, 0) is 43.7 Å². The van der Waals surface area contributed by atoms with Crippen LogP contribution in [0.4, 0.5) is 5.69 Å². The van der Waals surface area contributed by atoms with E-state index in [1.54, 1.807) is 7.11 Å². The molecule has 0 atom stereocenters. The number of hydrogen-bond acceptors (Lipinski definition) is 6. The van der Waals surface area contributed by atoms with Crippen LogP contribution in [0.5, 0.6) is 5.75 Å². The molecule has 0 radical (unpaired) electrons. The number of carbonyl (C=O) groups excluding carboxylic acids is 1. The number of amides is 1. The summed E-state index contributed by atoms with van der Waals surface area (Å²) in [4.78, 5) is 23.8. The van der Waals surface area contributed by atoms with Crippen LogP contribution in [0.3, 0.4) is 0 Å². The molecule has 0 aliphatic rings. The fraction of sp³-hybridized carbons (Fsp3) is 0.409. The number of rotatable bonds is 6. The van der Waals surface area contributed by atoms with Crippen LogP contribution in [0.1, 0.15) is 47.5 Å². The number of thiophene rings is 1. The quantitative estimate of drug-likeness (QED) is 0.583. The van der Waals surface area contributed by atoms with E-state index >= 15 is 0 Å². The van der Waals surface area contributed by atoms with Crippen LogP contribution in [-0.2, 0) is 10.2 Å². The fourth-order valence-corrected chi connectivity index (χ4v) is 4.08. The molecule has 1 N–H and O–H groups in total. The molecule has 7 heteroatoms. The van der Waals surface area contributed by atoms with Gasteiger partial charge in [-0.1, -0.05) is 20.8 Å². The second-order valence-corrected chi connectivity index (χ2v) is 8.94. The molecule has 3 aromatic rings. The molecule has 2 aromatic heterocycles. The molecule has 3 rings (SSSR count). The van der Waals surface area contributed by atoms with Crippen molar-refractivity contribution in [2.75, 3.05) is 25.6 Å². The first-order chi connectivity index (χ1) is 13.7. The molecular weight excluding hydrogens is 386 g/mol. The minimum absolute atomic E-state index is 0.143. The first kappa shape index (κ1) is 21.2. The van der Waals surface area contributed by atoms with Crippen molar-refractivity contribution in [3.63, 3.8) is 0 Å². The minimum atomic E-state index is -0.146. The van der Waals surface area contributed by atoms with Gasteiger partial charge in [0.2, 0.25) is 0 Å². The summed E-state index contributed by atoms with van der Waals surface area (Å²) in [6.07, 6.45) is 0. The number of benzene rings is 1. The molecular formula is C22H27N3O3S. The van der Waals surface area contributed by atoms with E-state index in [4.69, 9.17) is 14.5 Å². The smallest absolute Gasteiger partial charge is 0.266 e. The van der Waals surface area contributed by atoms with Crippen molar-refractivity contribution in [2.24, 2.45) is 0 Å². The largest absolute Gasteiger partial charge is 0.491 e. The standard InChI is InChI=1S/C22H27N3O3S/c1-13-17-14(2)23-21(22(3,4)5)25-20(17)29-18(13)19(26)24-15-7-9-16(10-8-15)28-12-11-27-6/h7-10H,11-12H2,1-6H3,(H,24,26). The van der Waals surface area contributed by atoms with E-state index in [0.29, 0.717) is 23.8 Å². The lowest BCUT2D eigenvalue weighted by Gasteiger charge is -2.16. The Morgan fingerprint density at radius 1 is 1.10 bits per heavy atom. The van der Waals surface area contributed by atoms with Gasteiger partial charge in [-0.25, -0.2) is 9.97 Å². The zero-order valence-electron chi connectivity index (χ0n) is 17.8. The van der Waals surface area contributed by atoms with Crippen LogP contribution in [0.25, 0.3) is 10.2 Å². The lowest BCUT2D eigenvalue weighted by atomic mass is 9.95. The van der Waals surface area contributed by atoms with Crippen LogP contribution >= 0.6 is 11.3 Å². The third-order valence-corrected chi connectivity index (χ3v) is 5.70. The number of carbonyl (C=O) groups is 1. The molecule has 0 bridgehead atoms. The summed E-state index contributed by atoms with van der Waals surface area (Å²) in [5.74, 6) is 1.38. The third kappa shape index (κ3) is 4.74. The second kappa shape index (κ2) is 8.47. The van der Waals surface area contributed by atoms with Gasteiger partial charge in [0.1, 0.15) is 23.0 Å². The fourth-order valence-electron chi connectivity index (χ4n) is 2.96. The summed E-state index contributed by atoms with van der Waals surface area (Å²) in [6.45, 7) is 11.2. The molecule has 1 aromatic carbocycles. The van der Waals surface area contributed by atoms with Gasteiger partial charge < -0.3 is 14.8 Å². The third-order valence-electron chi connectivity index (χ3n) is 4.52. The van der Waals surface area contributed by atoms with Crippen molar-refractivity contribution in [1.82, 2.24) is 9.97 Å². The van der Waals surface area contributed by atoms with Gasteiger partial charge in [0.15, 0.2) is 0 Å².